The summed E-state index contributed by atoms with van der Waals surface area (Å²) < 4.78 is 37.8. The van der Waals surface area contributed by atoms with Gasteiger partial charge in [0.2, 0.25) is 5.91 Å². The fourth-order valence-electron chi connectivity index (χ4n) is 2.93. The van der Waals surface area contributed by atoms with Crippen molar-refractivity contribution in [1.82, 2.24) is 15.3 Å². The number of carbonyl (C=O) groups excluding carboxylic acids is 1. The molecule has 1 atom stereocenters. The number of nitrogens with one attached hydrogen (secondary N) is 1. The number of aryl methyl sites for hydroxylation is 1. The first-order valence-corrected chi connectivity index (χ1v) is 9.17. The molecule has 3 heterocycles. The predicted molar refractivity (Wildman–Crippen MR) is 93.1 cm³/mol. The van der Waals surface area contributed by atoms with E-state index in [2.05, 4.69) is 15.3 Å². The summed E-state index contributed by atoms with van der Waals surface area (Å²) in [6.45, 7) is 3.56. The summed E-state index contributed by atoms with van der Waals surface area (Å²) in [6.07, 6.45) is -2.15. The second-order valence-electron chi connectivity index (χ2n) is 6.24. The topological polar surface area (TPSA) is 58.1 Å². The lowest BCUT2D eigenvalue weighted by Crippen LogP contribution is -2.34. The van der Waals surface area contributed by atoms with Crippen molar-refractivity contribution in [3.8, 4) is 0 Å². The van der Waals surface area contributed by atoms with Gasteiger partial charge in [0.05, 0.1) is 22.7 Å². The van der Waals surface area contributed by atoms with Crippen molar-refractivity contribution in [2.24, 2.45) is 5.92 Å². The zero-order chi connectivity index (χ0) is 18.7. The Kier molecular flexibility index (Phi) is 5.45. The maximum absolute atomic E-state index is 12.6. The molecular weight excluding hydrogens is 365 g/mol. The molecule has 0 spiro atoms. The summed E-state index contributed by atoms with van der Waals surface area (Å²) in [4.78, 5) is 23.4. The maximum atomic E-state index is 12.6. The molecule has 1 fully saturated rings. The highest BCUT2D eigenvalue weighted by Crippen LogP contribution is 2.30. The smallest absolute Gasteiger partial charge is 0.356 e. The molecule has 1 aliphatic rings. The number of anilines is 1. The minimum absolute atomic E-state index is 0.0263. The molecule has 5 nitrogen and oxygen atoms in total. The first-order valence-electron chi connectivity index (χ1n) is 8.29. The Labute approximate surface area is 153 Å². The normalized spacial score (nSPS) is 17.5. The van der Waals surface area contributed by atoms with Gasteiger partial charge in [-0.1, -0.05) is 0 Å². The number of pyridine rings is 1. The molecule has 1 aliphatic heterocycles. The quantitative estimate of drug-likeness (QED) is 0.861. The number of rotatable bonds is 5. The third kappa shape index (κ3) is 4.32. The van der Waals surface area contributed by atoms with Crippen LogP contribution in [0.3, 0.4) is 0 Å². The van der Waals surface area contributed by atoms with Crippen LogP contribution in [0, 0.1) is 12.8 Å². The maximum Gasteiger partial charge on any atom is 0.417 e. The van der Waals surface area contributed by atoms with Crippen molar-refractivity contribution in [3.63, 3.8) is 0 Å². The minimum Gasteiger partial charge on any atom is -0.356 e. The highest BCUT2D eigenvalue weighted by Gasteiger charge is 2.32. The van der Waals surface area contributed by atoms with Gasteiger partial charge in [-0.15, -0.1) is 11.3 Å². The van der Waals surface area contributed by atoms with Gasteiger partial charge in [0.1, 0.15) is 5.82 Å². The van der Waals surface area contributed by atoms with Crippen LogP contribution in [0.25, 0.3) is 0 Å². The Balaban J connectivity index is 1.50. The van der Waals surface area contributed by atoms with Gasteiger partial charge in [-0.05, 0) is 25.5 Å². The van der Waals surface area contributed by atoms with E-state index in [1.54, 1.807) is 16.8 Å². The van der Waals surface area contributed by atoms with E-state index in [1.807, 2.05) is 11.8 Å². The van der Waals surface area contributed by atoms with E-state index in [1.165, 1.54) is 6.07 Å². The van der Waals surface area contributed by atoms with Gasteiger partial charge in [0, 0.05) is 37.1 Å². The van der Waals surface area contributed by atoms with Crippen LogP contribution in [0.4, 0.5) is 19.0 Å². The number of hydrogen-bond acceptors (Lipinski definition) is 5. The molecule has 26 heavy (non-hydrogen) atoms. The molecule has 0 aromatic carbocycles. The Morgan fingerprint density at radius 1 is 1.38 bits per heavy atom. The van der Waals surface area contributed by atoms with Crippen LogP contribution in [-0.4, -0.2) is 35.5 Å². The second-order valence-corrected chi connectivity index (χ2v) is 7.18. The van der Waals surface area contributed by atoms with E-state index in [9.17, 15) is 18.0 Å². The third-order valence-corrected chi connectivity index (χ3v) is 5.45. The van der Waals surface area contributed by atoms with Crippen molar-refractivity contribution in [3.05, 3.63) is 40.0 Å². The molecule has 1 N–H and O–H groups in total. The molecule has 2 aromatic rings. The van der Waals surface area contributed by atoms with Crippen molar-refractivity contribution in [2.75, 3.05) is 24.5 Å². The molecule has 0 aliphatic carbocycles. The lowest BCUT2D eigenvalue weighted by Gasteiger charge is -2.18. The molecule has 0 unspecified atom stereocenters. The molecule has 0 radical (unpaired) electrons. The molecule has 0 saturated carbocycles. The Hall–Kier alpha value is -2.16. The molecule has 1 saturated heterocycles. The third-order valence-electron chi connectivity index (χ3n) is 4.45. The van der Waals surface area contributed by atoms with E-state index < -0.39 is 11.7 Å². The molecule has 140 valence electrons. The van der Waals surface area contributed by atoms with Gasteiger partial charge in [-0.3, -0.25) is 4.79 Å². The zero-order valence-electron chi connectivity index (χ0n) is 14.2. The predicted octanol–water partition coefficient (Wildman–Crippen LogP) is 3.05. The average molecular weight is 384 g/mol. The zero-order valence-corrected chi connectivity index (χ0v) is 15.0. The van der Waals surface area contributed by atoms with E-state index in [-0.39, 0.29) is 11.8 Å². The van der Waals surface area contributed by atoms with Crippen LogP contribution >= 0.6 is 11.3 Å². The molecule has 1 amide bonds. The minimum atomic E-state index is -4.39. The molecule has 0 bridgehead atoms. The average Bonchev–Trinajstić information content (AvgIpc) is 3.24. The summed E-state index contributed by atoms with van der Waals surface area (Å²) in [5, 5.41) is 2.94. The fraction of sp³-hybridized carbons (Fsp3) is 0.471. The molecule has 9 heteroatoms. The van der Waals surface area contributed by atoms with Crippen LogP contribution in [0.1, 0.15) is 22.6 Å². The van der Waals surface area contributed by atoms with E-state index in [4.69, 9.17) is 0 Å². The summed E-state index contributed by atoms with van der Waals surface area (Å²) in [6, 6.07) is 2.38. The first-order chi connectivity index (χ1) is 12.3. The van der Waals surface area contributed by atoms with Gasteiger partial charge >= 0.3 is 6.18 Å². The van der Waals surface area contributed by atoms with Crippen LogP contribution in [0.2, 0.25) is 0 Å². The summed E-state index contributed by atoms with van der Waals surface area (Å²) >= 11 is 1.57. The largest absolute Gasteiger partial charge is 0.417 e. The number of aromatic nitrogens is 2. The van der Waals surface area contributed by atoms with E-state index in [0.717, 1.165) is 29.3 Å². The van der Waals surface area contributed by atoms with Crippen molar-refractivity contribution >= 4 is 23.1 Å². The van der Waals surface area contributed by atoms with Gasteiger partial charge in [0.25, 0.3) is 0 Å². The molecular formula is C17H19F3N4OS. The summed E-state index contributed by atoms with van der Waals surface area (Å²) in [7, 11) is 0. The van der Waals surface area contributed by atoms with Crippen LogP contribution in [0.5, 0.6) is 0 Å². The first kappa shape index (κ1) is 18.6. The number of alkyl halides is 3. The second kappa shape index (κ2) is 7.61. The number of thiazole rings is 1. The monoisotopic (exact) mass is 384 g/mol. The summed E-state index contributed by atoms with van der Waals surface area (Å²) in [5.74, 6) is 0.261. The fourth-order valence-corrected chi connectivity index (χ4v) is 3.71. The van der Waals surface area contributed by atoms with Gasteiger partial charge in [0.15, 0.2) is 0 Å². The number of hydrogen-bond donors (Lipinski definition) is 1. The molecule has 2 aromatic heterocycles. The summed E-state index contributed by atoms with van der Waals surface area (Å²) in [5.41, 5.74) is 2.01. The Bertz CT molecular complexity index is 760. The lowest BCUT2D eigenvalue weighted by atomic mass is 10.1. The highest BCUT2D eigenvalue weighted by molar-refractivity contribution is 7.09. The van der Waals surface area contributed by atoms with Gasteiger partial charge in [-0.25, -0.2) is 9.97 Å². The number of nitrogens with zero attached hydrogens (tertiary/aromatic N) is 3. The van der Waals surface area contributed by atoms with Crippen LogP contribution in [0.15, 0.2) is 23.8 Å². The Morgan fingerprint density at radius 2 is 2.19 bits per heavy atom. The van der Waals surface area contributed by atoms with Gasteiger partial charge in [-0.2, -0.15) is 13.2 Å². The van der Waals surface area contributed by atoms with Crippen molar-refractivity contribution < 1.29 is 18.0 Å². The van der Waals surface area contributed by atoms with E-state index in [0.29, 0.717) is 31.9 Å². The van der Waals surface area contributed by atoms with Crippen LogP contribution < -0.4 is 10.2 Å². The number of carbonyl (C=O) groups is 1. The van der Waals surface area contributed by atoms with Crippen molar-refractivity contribution in [2.45, 2.75) is 25.9 Å². The number of amides is 1. The molecule has 3 rings (SSSR count). The van der Waals surface area contributed by atoms with Crippen molar-refractivity contribution in [1.29, 1.82) is 0 Å². The number of halogens is 3. The Morgan fingerprint density at radius 3 is 2.81 bits per heavy atom. The SMILES string of the molecule is Cc1ncsc1CCNC(=O)[C@H]1CCN(c2ccc(C(F)(F)F)cn2)C1. The van der Waals surface area contributed by atoms with E-state index >= 15 is 0 Å². The van der Waals surface area contributed by atoms with Gasteiger partial charge < -0.3 is 10.2 Å². The highest BCUT2D eigenvalue weighted by atomic mass is 32.1. The standard InChI is InChI=1S/C17H19F3N4OS/c1-11-14(26-10-23-11)4-6-21-16(25)12-5-7-24(9-12)15-3-2-13(8-22-15)17(18,19)20/h2-3,8,10,12H,4-7,9H2,1H3,(H,21,25)/t12-/m0/s1. The lowest BCUT2D eigenvalue weighted by molar-refractivity contribution is -0.137. The van der Waals surface area contributed by atoms with Crippen LogP contribution in [-0.2, 0) is 17.4 Å².